The van der Waals surface area contributed by atoms with Gasteiger partial charge in [-0.2, -0.15) is 0 Å². The Labute approximate surface area is 251 Å². The van der Waals surface area contributed by atoms with E-state index in [0.717, 1.165) is 4.90 Å². The van der Waals surface area contributed by atoms with Crippen molar-refractivity contribution in [2.75, 3.05) is 23.5 Å². The monoisotopic (exact) mass is 605 g/mol. The molecule has 3 amide bonds. The van der Waals surface area contributed by atoms with E-state index in [2.05, 4.69) is 16.0 Å². The standard InChI is InChI=1S/C31H25Cl2N3O4S/c1-40-28-13-6-5-12-26(28)35-29(37)19-41-24-11-7-10-23(18-24)34-31(39)27(16-21-14-15-22(32)17-25(21)33)36-30(38)20-8-3-2-4-9-20/h2-18H,19H2,1H3,(H,34,39)(H,35,37)(H,36,38)/b27-16+. The summed E-state index contributed by atoms with van der Waals surface area (Å²) in [5.41, 5.74) is 1.93. The molecule has 0 heterocycles. The van der Waals surface area contributed by atoms with Crippen LogP contribution in [-0.2, 0) is 9.59 Å². The average molecular weight is 607 g/mol. The number of rotatable bonds is 10. The number of halogens is 2. The van der Waals surface area contributed by atoms with Crippen molar-refractivity contribution in [3.63, 3.8) is 0 Å². The van der Waals surface area contributed by atoms with E-state index in [1.807, 2.05) is 18.2 Å². The second kappa shape index (κ2) is 14.4. The summed E-state index contributed by atoms with van der Waals surface area (Å²) in [6.45, 7) is 0. The zero-order chi connectivity index (χ0) is 29.2. The minimum absolute atomic E-state index is 0.0164. The van der Waals surface area contributed by atoms with Crippen LogP contribution in [0.3, 0.4) is 0 Å². The molecule has 0 aliphatic rings. The summed E-state index contributed by atoms with van der Waals surface area (Å²) in [5, 5.41) is 9.09. The third kappa shape index (κ3) is 8.62. The number of methoxy groups -OCH3 is 1. The summed E-state index contributed by atoms with van der Waals surface area (Å²) in [5.74, 6) is -0.511. The molecule has 4 aromatic carbocycles. The Kier molecular flexibility index (Phi) is 10.5. The maximum absolute atomic E-state index is 13.4. The van der Waals surface area contributed by atoms with E-state index in [4.69, 9.17) is 27.9 Å². The van der Waals surface area contributed by atoms with Gasteiger partial charge in [-0.05, 0) is 66.2 Å². The molecule has 0 spiro atoms. The van der Waals surface area contributed by atoms with Gasteiger partial charge in [0.1, 0.15) is 11.4 Å². The van der Waals surface area contributed by atoms with Crippen LogP contribution in [-0.4, -0.2) is 30.6 Å². The fraction of sp³-hybridized carbons (Fsp3) is 0.0645. The molecule has 208 valence electrons. The molecule has 4 aromatic rings. The normalized spacial score (nSPS) is 11.0. The van der Waals surface area contributed by atoms with Crippen LogP contribution < -0.4 is 20.7 Å². The highest BCUT2D eigenvalue weighted by atomic mass is 35.5. The second-order valence-electron chi connectivity index (χ2n) is 8.56. The van der Waals surface area contributed by atoms with Crippen LogP contribution in [0.4, 0.5) is 11.4 Å². The number of hydrogen-bond donors (Lipinski definition) is 3. The van der Waals surface area contributed by atoms with Gasteiger partial charge >= 0.3 is 0 Å². The number of anilines is 2. The number of ether oxygens (including phenoxy) is 1. The van der Waals surface area contributed by atoms with E-state index >= 15 is 0 Å². The molecule has 0 aromatic heterocycles. The number of carbonyl (C=O) groups is 3. The lowest BCUT2D eigenvalue weighted by atomic mass is 10.1. The van der Waals surface area contributed by atoms with Gasteiger partial charge in [0.25, 0.3) is 11.8 Å². The molecule has 0 aliphatic carbocycles. The first kappa shape index (κ1) is 29.7. The molecule has 0 unspecified atom stereocenters. The first-order chi connectivity index (χ1) is 19.8. The van der Waals surface area contributed by atoms with Crippen LogP contribution >= 0.6 is 35.0 Å². The molecule has 4 rings (SSSR count). The van der Waals surface area contributed by atoms with Gasteiger partial charge < -0.3 is 20.7 Å². The van der Waals surface area contributed by atoms with Crippen LogP contribution in [0.1, 0.15) is 15.9 Å². The van der Waals surface area contributed by atoms with Gasteiger partial charge in [-0.1, -0.05) is 65.7 Å². The minimum atomic E-state index is -0.559. The number of amides is 3. The maximum atomic E-state index is 13.4. The number of nitrogens with one attached hydrogen (secondary N) is 3. The van der Waals surface area contributed by atoms with E-state index in [0.29, 0.717) is 38.3 Å². The Morgan fingerprint density at radius 1 is 0.854 bits per heavy atom. The Bertz CT molecular complexity index is 1600. The second-order valence-corrected chi connectivity index (χ2v) is 10.5. The average Bonchev–Trinajstić information content (AvgIpc) is 2.98. The first-order valence-corrected chi connectivity index (χ1v) is 14.1. The number of hydrogen-bond acceptors (Lipinski definition) is 5. The summed E-state index contributed by atoms with van der Waals surface area (Å²) >= 11 is 13.6. The number of carbonyl (C=O) groups excluding carboxylic acids is 3. The zero-order valence-electron chi connectivity index (χ0n) is 21.8. The number of thioether (sulfide) groups is 1. The van der Waals surface area contributed by atoms with Gasteiger partial charge in [0.15, 0.2) is 0 Å². The summed E-state index contributed by atoms with van der Waals surface area (Å²) < 4.78 is 5.27. The third-order valence-electron chi connectivity index (χ3n) is 5.63. The number of para-hydroxylation sites is 2. The van der Waals surface area contributed by atoms with E-state index < -0.39 is 11.8 Å². The molecule has 0 saturated carbocycles. The molecule has 10 heteroatoms. The lowest BCUT2D eigenvalue weighted by Crippen LogP contribution is -2.30. The molecule has 0 radical (unpaired) electrons. The van der Waals surface area contributed by atoms with Crippen molar-refractivity contribution in [3.05, 3.63) is 124 Å². The molecule has 0 saturated heterocycles. The highest BCUT2D eigenvalue weighted by Crippen LogP contribution is 2.26. The fourth-order valence-electron chi connectivity index (χ4n) is 3.66. The quantitative estimate of drug-likeness (QED) is 0.132. The Morgan fingerprint density at radius 2 is 1.61 bits per heavy atom. The summed E-state index contributed by atoms with van der Waals surface area (Å²) in [6.07, 6.45) is 1.48. The largest absolute Gasteiger partial charge is 0.495 e. The van der Waals surface area contributed by atoms with Crippen molar-refractivity contribution in [1.82, 2.24) is 5.32 Å². The molecular weight excluding hydrogens is 581 g/mol. The number of benzene rings is 4. The summed E-state index contributed by atoms with van der Waals surface area (Å²) in [7, 11) is 1.54. The Morgan fingerprint density at radius 3 is 2.37 bits per heavy atom. The smallest absolute Gasteiger partial charge is 0.272 e. The van der Waals surface area contributed by atoms with Gasteiger partial charge in [0, 0.05) is 26.2 Å². The minimum Gasteiger partial charge on any atom is -0.495 e. The van der Waals surface area contributed by atoms with E-state index in [1.54, 1.807) is 78.9 Å². The highest BCUT2D eigenvalue weighted by Gasteiger charge is 2.16. The Hall–Kier alpha value is -4.24. The molecule has 0 bridgehead atoms. The topological polar surface area (TPSA) is 96.5 Å². The summed E-state index contributed by atoms with van der Waals surface area (Å²) in [6, 6.07) is 27.6. The maximum Gasteiger partial charge on any atom is 0.272 e. The molecular formula is C31H25Cl2N3O4S. The SMILES string of the molecule is COc1ccccc1NC(=O)CSc1cccc(NC(=O)/C(=C\c2ccc(Cl)cc2Cl)NC(=O)c2ccccc2)c1. The predicted molar refractivity (Wildman–Crippen MR) is 166 cm³/mol. The predicted octanol–water partition coefficient (Wildman–Crippen LogP) is 7.14. The van der Waals surface area contributed by atoms with Gasteiger partial charge in [-0.15, -0.1) is 11.8 Å². The molecule has 7 nitrogen and oxygen atoms in total. The van der Waals surface area contributed by atoms with Crippen LogP contribution in [0.25, 0.3) is 6.08 Å². The molecule has 0 fully saturated rings. The van der Waals surface area contributed by atoms with E-state index in [9.17, 15) is 14.4 Å². The lowest BCUT2D eigenvalue weighted by molar-refractivity contribution is -0.114. The first-order valence-electron chi connectivity index (χ1n) is 12.3. The van der Waals surface area contributed by atoms with Crippen molar-refractivity contribution in [2.24, 2.45) is 0 Å². The van der Waals surface area contributed by atoms with Gasteiger partial charge in [-0.25, -0.2) is 0 Å². The van der Waals surface area contributed by atoms with Gasteiger partial charge in [-0.3, -0.25) is 14.4 Å². The molecule has 0 atom stereocenters. The molecule has 0 aliphatic heterocycles. The van der Waals surface area contributed by atoms with Crippen molar-refractivity contribution in [1.29, 1.82) is 0 Å². The van der Waals surface area contributed by atoms with Crippen molar-refractivity contribution in [3.8, 4) is 5.75 Å². The fourth-order valence-corrected chi connectivity index (χ4v) is 4.88. The van der Waals surface area contributed by atoms with Gasteiger partial charge in [0.2, 0.25) is 5.91 Å². The van der Waals surface area contributed by atoms with E-state index in [-0.39, 0.29) is 17.4 Å². The van der Waals surface area contributed by atoms with Gasteiger partial charge in [0.05, 0.1) is 18.6 Å². The third-order valence-corrected chi connectivity index (χ3v) is 7.19. The van der Waals surface area contributed by atoms with Crippen LogP contribution in [0.2, 0.25) is 10.0 Å². The zero-order valence-corrected chi connectivity index (χ0v) is 24.1. The van der Waals surface area contributed by atoms with Crippen molar-refractivity contribution < 1.29 is 19.1 Å². The van der Waals surface area contributed by atoms with Crippen LogP contribution in [0, 0.1) is 0 Å². The van der Waals surface area contributed by atoms with Crippen LogP contribution in [0.5, 0.6) is 5.75 Å². The van der Waals surface area contributed by atoms with Crippen molar-refractivity contribution >= 4 is 70.1 Å². The van der Waals surface area contributed by atoms with E-state index in [1.165, 1.54) is 24.9 Å². The molecule has 3 N–H and O–H groups in total. The highest BCUT2D eigenvalue weighted by molar-refractivity contribution is 8.00. The van der Waals surface area contributed by atoms with Crippen LogP contribution in [0.15, 0.2) is 108 Å². The molecule has 41 heavy (non-hydrogen) atoms. The lowest BCUT2D eigenvalue weighted by Gasteiger charge is -2.13. The Balaban J connectivity index is 1.47. The summed E-state index contributed by atoms with van der Waals surface area (Å²) in [4.78, 5) is 39.5. The van der Waals surface area contributed by atoms with Crippen molar-refractivity contribution in [2.45, 2.75) is 4.90 Å².